The first-order chi connectivity index (χ1) is 8.31. The molecule has 3 nitrogen and oxygen atoms in total. The first-order valence-electron chi connectivity index (χ1n) is 6.70. The minimum Gasteiger partial charge on any atom is -0.298 e. The van der Waals surface area contributed by atoms with Crippen molar-refractivity contribution in [2.45, 2.75) is 44.6 Å². The maximum absolute atomic E-state index is 11.0. The van der Waals surface area contributed by atoms with Gasteiger partial charge in [0, 0.05) is 24.7 Å². The standard InChI is InChI=1S/C14H22N2O/c1-16(13-7-3-2-4-8-13)10-14-12(11-17)6-5-9-15-14/h6,11,13H,2-5,7-10H2,1H3. The molecule has 0 spiro atoms. The zero-order chi connectivity index (χ0) is 12.1. The molecule has 0 aromatic carbocycles. The molecule has 94 valence electrons. The van der Waals surface area contributed by atoms with Crippen LogP contribution in [-0.4, -0.2) is 43.1 Å². The van der Waals surface area contributed by atoms with E-state index in [1.165, 1.54) is 32.1 Å². The van der Waals surface area contributed by atoms with Crippen LogP contribution in [0.15, 0.2) is 16.6 Å². The third kappa shape index (κ3) is 3.25. The second-order valence-electron chi connectivity index (χ2n) is 5.10. The van der Waals surface area contributed by atoms with Gasteiger partial charge in [0.1, 0.15) is 0 Å². The Labute approximate surface area is 104 Å². The lowest BCUT2D eigenvalue weighted by Gasteiger charge is -2.31. The molecule has 1 fully saturated rings. The number of rotatable bonds is 4. The molecule has 0 aromatic rings. The SMILES string of the molecule is CN(CC1=NCCC=C1C=O)C1CCCCC1. The normalized spacial score (nSPS) is 22.2. The average Bonchev–Trinajstić information content (AvgIpc) is 2.40. The van der Waals surface area contributed by atoms with Gasteiger partial charge in [-0.2, -0.15) is 0 Å². The molecule has 0 aromatic heterocycles. The van der Waals surface area contributed by atoms with E-state index in [-0.39, 0.29) is 0 Å². The van der Waals surface area contributed by atoms with Crippen LogP contribution in [0.25, 0.3) is 0 Å². The zero-order valence-corrected chi connectivity index (χ0v) is 10.7. The van der Waals surface area contributed by atoms with E-state index in [0.717, 1.165) is 37.1 Å². The van der Waals surface area contributed by atoms with E-state index in [9.17, 15) is 4.79 Å². The molecule has 3 heteroatoms. The summed E-state index contributed by atoms with van der Waals surface area (Å²) in [6.45, 7) is 1.67. The Balaban J connectivity index is 1.93. The van der Waals surface area contributed by atoms with E-state index in [2.05, 4.69) is 16.9 Å². The van der Waals surface area contributed by atoms with Crippen molar-refractivity contribution >= 4 is 12.0 Å². The molecule has 0 radical (unpaired) electrons. The fraction of sp³-hybridized carbons (Fsp3) is 0.714. The van der Waals surface area contributed by atoms with E-state index in [4.69, 9.17) is 0 Å². The zero-order valence-electron chi connectivity index (χ0n) is 10.7. The summed E-state index contributed by atoms with van der Waals surface area (Å²) in [5.41, 5.74) is 1.79. The molecule has 0 bridgehead atoms. The minimum atomic E-state index is 0.682. The molecular weight excluding hydrogens is 212 g/mol. The Hall–Kier alpha value is -0.960. The van der Waals surface area contributed by atoms with Crippen LogP contribution in [0.5, 0.6) is 0 Å². The van der Waals surface area contributed by atoms with Crippen LogP contribution < -0.4 is 0 Å². The molecule has 0 amide bonds. The van der Waals surface area contributed by atoms with Crippen LogP contribution in [0.2, 0.25) is 0 Å². The number of carbonyl (C=O) groups excluding carboxylic acids is 1. The largest absolute Gasteiger partial charge is 0.298 e. The maximum Gasteiger partial charge on any atom is 0.151 e. The van der Waals surface area contributed by atoms with Gasteiger partial charge < -0.3 is 0 Å². The molecule has 1 saturated carbocycles. The molecule has 17 heavy (non-hydrogen) atoms. The monoisotopic (exact) mass is 234 g/mol. The lowest BCUT2D eigenvalue weighted by atomic mass is 9.94. The van der Waals surface area contributed by atoms with Crippen molar-refractivity contribution in [3.8, 4) is 0 Å². The Morgan fingerprint density at radius 1 is 1.41 bits per heavy atom. The van der Waals surface area contributed by atoms with Gasteiger partial charge in [0.05, 0.1) is 5.71 Å². The Morgan fingerprint density at radius 3 is 2.88 bits per heavy atom. The maximum atomic E-state index is 11.0. The van der Waals surface area contributed by atoms with Crippen molar-refractivity contribution in [2.24, 2.45) is 4.99 Å². The van der Waals surface area contributed by atoms with Crippen LogP contribution in [-0.2, 0) is 4.79 Å². The van der Waals surface area contributed by atoms with Crippen LogP contribution in [0.4, 0.5) is 0 Å². The molecule has 0 saturated heterocycles. The summed E-state index contributed by atoms with van der Waals surface area (Å²) in [7, 11) is 2.16. The molecule has 2 rings (SSSR count). The molecule has 0 N–H and O–H groups in total. The highest BCUT2D eigenvalue weighted by atomic mass is 16.1. The van der Waals surface area contributed by atoms with Gasteiger partial charge in [-0.3, -0.25) is 14.7 Å². The second-order valence-corrected chi connectivity index (χ2v) is 5.10. The fourth-order valence-electron chi connectivity index (χ4n) is 2.77. The minimum absolute atomic E-state index is 0.682. The quantitative estimate of drug-likeness (QED) is 0.699. The summed E-state index contributed by atoms with van der Waals surface area (Å²) in [6, 6.07) is 0.682. The van der Waals surface area contributed by atoms with Gasteiger partial charge in [0.2, 0.25) is 0 Å². The van der Waals surface area contributed by atoms with E-state index in [1.54, 1.807) is 0 Å². The van der Waals surface area contributed by atoms with Gasteiger partial charge in [-0.1, -0.05) is 25.3 Å². The highest BCUT2D eigenvalue weighted by Crippen LogP contribution is 2.22. The second kappa shape index (κ2) is 6.10. The fourth-order valence-corrected chi connectivity index (χ4v) is 2.77. The van der Waals surface area contributed by atoms with E-state index < -0.39 is 0 Å². The number of hydrogen-bond acceptors (Lipinski definition) is 3. The van der Waals surface area contributed by atoms with Crippen molar-refractivity contribution in [3.63, 3.8) is 0 Å². The van der Waals surface area contributed by atoms with Crippen LogP contribution in [0.1, 0.15) is 38.5 Å². The first-order valence-corrected chi connectivity index (χ1v) is 6.70. The number of dihydropyridines is 1. The summed E-state index contributed by atoms with van der Waals surface area (Å²) < 4.78 is 0. The van der Waals surface area contributed by atoms with Crippen molar-refractivity contribution in [1.82, 2.24) is 4.90 Å². The predicted octanol–water partition coefficient (Wildman–Crippen LogP) is 2.22. The lowest BCUT2D eigenvalue weighted by molar-refractivity contribution is -0.104. The van der Waals surface area contributed by atoms with Crippen LogP contribution in [0.3, 0.4) is 0 Å². The molecule has 1 aliphatic carbocycles. The summed E-state index contributed by atoms with van der Waals surface area (Å²) in [5, 5.41) is 0. The topological polar surface area (TPSA) is 32.7 Å². The Morgan fingerprint density at radius 2 is 2.18 bits per heavy atom. The first kappa shape index (κ1) is 12.5. The summed E-state index contributed by atoms with van der Waals surface area (Å²) in [4.78, 5) is 17.8. The number of carbonyl (C=O) groups is 1. The van der Waals surface area contributed by atoms with Crippen LogP contribution >= 0.6 is 0 Å². The van der Waals surface area contributed by atoms with Crippen molar-refractivity contribution < 1.29 is 4.79 Å². The van der Waals surface area contributed by atoms with Gasteiger partial charge in [0.15, 0.2) is 6.29 Å². The Bertz CT molecular complexity index is 327. The predicted molar refractivity (Wildman–Crippen MR) is 70.6 cm³/mol. The van der Waals surface area contributed by atoms with Gasteiger partial charge in [-0.25, -0.2) is 0 Å². The lowest BCUT2D eigenvalue weighted by Crippen LogP contribution is -2.38. The number of nitrogens with zero attached hydrogens (tertiary/aromatic N) is 2. The molecular formula is C14H22N2O. The summed E-state index contributed by atoms with van der Waals surface area (Å²) in [5.74, 6) is 0. The molecule has 2 aliphatic rings. The van der Waals surface area contributed by atoms with E-state index in [0.29, 0.717) is 6.04 Å². The molecule has 1 aliphatic heterocycles. The third-order valence-electron chi connectivity index (χ3n) is 3.85. The molecule has 0 atom stereocenters. The number of aliphatic imine (C=N–C) groups is 1. The van der Waals surface area contributed by atoms with Gasteiger partial charge >= 0.3 is 0 Å². The highest BCUT2D eigenvalue weighted by molar-refractivity contribution is 6.16. The summed E-state index contributed by atoms with van der Waals surface area (Å²) in [6.07, 6.45) is 10.5. The smallest absolute Gasteiger partial charge is 0.151 e. The number of hydrogen-bond donors (Lipinski definition) is 0. The average molecular weight is 234 g/mol. The van der Waals surface area contributed by atoms with E-state index in [1.807, 2.05) is 6.08 Å². The van der Waals surface area contributed by atoms with Crippen molar-refractivity contribution in [1.29, 1.82) is 0 Å². The third-order valence-corrected chi connectivity index (χ3v) is 3.85. The van der Waals surface area contributed by atoms with Gasteiger partial charge in [-0.15, -0.1) is 0 Å². The van der Waals surface area contributed by atoms with Crippen molar-refractivity contribution in [3.05, 3.63) is 11.6 Å². The molecule has 0 unspecified atom stereocenters. The van der Waals surface area contributed by atoms with Crippen LogP contribution in [0, 0.1) is 0 Å². The van der Waals surface area contributed by atoms with Gasteiger partial charge in [-0.05, 0) is 26.3 Å². The van der Waals surface area contributed by atoms with Gasteiger partial charge in [0.25, 0.3) is 0 Å². The molecule has 1 heterocycles. The number of aldehydes is 1. The van der Waals surface area contributed by atoms with E-state index >= 15 is 0 Å². The summed E-state index contributed by atoms with van der Waals surface area (Å²) >= 11 is 0. The highest BCUT2D eigenvalue weighted by Gasteiger charge is 2.20. The van der Waals surface area contributed by atoms with Crippen molar-refractivity contribution in [2.75, 3.05) is 20.1 Å². The Kier molecular flexibility index (Phi) is 4.49.